The summed E-state index contributed by atoms with van der Waals surface area (Å²) in [6, 6.07) is 0. The van der Waals surface area contributed by atoms with Crippen molar-refractivity contribution in [2.45, 2.75) is 77.2 Å². The fourth-order valence-electron chi connectivity index (χ4n) is 6.97. The van der Waals surface area contributed by atoms with Gasteiger partial charge < -0.3 is 5.32 Å². The quantitative estimate of drug-likeness (QED) is 0.775. The number of hydrogen-bond acceptors (Lipinski definition) is 1. The van der Waals surface area contributed by atoms with Crippen LogP contribution >= 0.6 is 11.6 Å². The van der Waals surface area contributed by atoms with Crippen LogP contribution in [0.1, 0.15) is 71.6 Å². The van der Waals surface area contributed by atoms with Crippen molar-refractivity contribution in [3.63, 3.8) is 0 Å². The Hall–Kier alpha value is -0.240. The smallest absolute Gasteiger partial charge is 0.226 e. The van der Waals surface area contributed by atoms with Gasteiger partial charge in [0.25, 0.3) is 0 Å². The topological polar surface area (TPSA) is 29.1 Å². The first-order valence-corrected chi connectivity index (χ1v) is 9.22. The third kappa shape index (κ3) is 2.08. The Bertz CT molecular complexity index is 460. The molecule has 0 heterocycles. The van der Waals surface area contributed by atoms with E-state index in [1.165, 1.54) is 25.7 Å². The third-order valence-electron chi connectivity index (χ3n) is 7.05. The van der Waals surface area contributed by atoms with Gasteiger partial charge in [-0.2, -0.15) is 0 Å². The fraction of sp³-hybridized carbons (Fsp3) is 0.944. The summed E-state index contributed by atoms with van der Waals surface area (Å²) in [7, 11) is 0. The summed E-state index contributed by atoms with van der Waals surface area (Å²) in [6.45, 7) is 4.86. The monoisotopic (exact) mass is 309 g/mol. The molecule has 118 valence electrons. The molecule has 0 aromatic heterocycles. The van der Waals surface area contributed by atoms with Crippen molar-refractivity contribution in [3.8, 4) is 0 Å². The molecule has 4 bridgehead atoms. The van der Waals surface area contributed by atoms with Gasteiger partial charge in [-0.25, -0.2) is 0 Å². The van der Waals surface area contributed by atoms with E-state index in [9.17, 15) is 4.79 Å². The summed E-state index contributed by atoms with van der Waals surface area (Å²) < 4.78 is 0. The van der Waals surface area contributed by atoms with E-state index in [1.54, 1.807) is 0 Å². The third-order valence-corrected chi connectivity index (χ3v) is 7.56. The zero-order valence-corrected chi connectivity index (χ0v) is 14.2. The Balaban J connectivity index is 1.60. The number of nitrogens with one attached hydrogen (secondary N) is 1. The first-order chi connectivity index (χ1) is 9.80. The Morgan fingerprint density at radius 1 is 1.10 bits per heavy atom. The summed E-state index contributed by atoms with van der Waals surface area (Å²) in [5, 5.41) is 3.40. The first-order valence-electron chi connectivity index (χ1n) is 8.69. The van der Waals surface area contributed by atoms with Crippen molar-refractivity contribution in [2.75, 3.05) is 5.88 Å². The molecule has 2 nitrogen and oxygen atoms in total. The normalized spacial score (nSPS) is 49.8. The minimum atomic E-state index is -0.0857. The summed E-state index contributed by atoms with van der Waals surface area (Å²) in [4.78, 5) is 13.2. The number of carbonyl (C=O) groups excluding carboxylic acids is 1. The minimum absolute atomic E-state index is 0.0796. The van der Waals surface area contributed by atoms with Gasteiger partial charge in [-0.3, -0.25) is 4.79 Å². The van der Waals surface area contributed by atoms with Gasteiger partial charge in [0, 0.05) is 5.88 Å². The molecule has 2 atom stereocenters. The van der Waals surface area contributed by atoms with Crippen LogP contribution in [0.3, 0.4) is 0 Å². The molecule has 0 spiro atoms. The minimum Gasteiger partial charge on any atom is -0.349 e. The molecule has 0 aliphatic heterocycles. The van der Waals surface area contributed by atoms with E-state index in [0.717, 1.165) is 38.0 Å². The second kappa shape index (κ2) is 4.19. The van der Waals surface area contributed by atoms with E-state index in [4.69, 9.17) is 11.6 Å². The molecule has 5 saturated carbocycles. The zero-order chi connectivity index (χ0) is 14.9. The van der Waals surface area contributed by atoms with Gasteiger partial charge in [-0.05, 0) is 74.5 Å². The molecule has 5 aliphatic rings. The molecule has 0 aromatic carbocycles. The van der Waals surface area contributed by atoms with Crippen LogP contribution in [0.25, 0.3) is 0 Å². The van der Waals surface area contributed by atoms with Gasteiger partial charge in [0.2, 0.25) is 5.91 Å². The summed E-state index contributed by atoms with van der Waals surface area (Å²) in [5.41, 5.74) is 0.639. The van der Waals surface area contributed by atoms with E-state index < -0.39 is 0 Å². The lowest BCUT2D eigenvalue weighted by molar-refractivity contribution is -0.172. The van der Waals surface area contributed by atoms with Gasteiger partial charge in [0.1, 0.15) is 0 Å². The Morgan fingerprint density at radius 3 is 2.14 bits per heavy atom. The van der Waals surface area contributed by atoms with Crippen LogP contribution in [0.2, 0.25) is 0 Å². The van der Waals surface area contributed by atoms with Crippen LogP contribution in [-0.4, -0.2) is 17.3 Å². The predicted molar refractivity (Wildman–Crippen MR) is 85.3 cm³/mol. The van der Waals surface area contributed by atoms with Gasteiger partial charge in [0.05, 0.1) is 11.0 Å². The van der Waals surface area contributed by atoms with Crippen molar-refractivity contribution in [1.29, 1.82) is 0 Å². The molecular formula is C18H28ClNO. The van der Waals surface area contributed by atoms with E-state index in [-0.39, 0.29) is 11.0 Å². The lowest BCUT2D eigenvalue weighted by Crippen LogP contribution is -2.64. The highest BCUT2D eigenvalue weighted by molar-refractivity contribution is 6.19. The number of alkyl halides is 1. The zero-order valence-electron chi connectivity index (χ0n) is 13.4. The maximum Gasteiger partial charge on any atom is 0.226 e. The molecule has 5 rings (SSSR count). The van der Waals surface area contributed by atoms with Crippen molar-refractivity contribution < 1.29 is 4.79 Å². The average molecular weight is 310 g/mol. The average Bonchev–Trinajstić information content (AvgIpc) is 2.28. The number of rotatable bonds is 3. The van der Waals surface area contributed by atoms with Crippen molar-refractivity contribution >= 4 is 17.5 Å². The van der Waals surface area contributed by atoms with Crippen molar-refractivity contribution in [1.82, 2.24) is 5.32 Å². The Labute approximate surface area is 133 Å². The van der Waals surface area contributed by atoms with Crippen LogP contribution in [0.15, 0.2) is 0 Å². The number of amides is 1. The van der Waals surface area contributed by atoms with Crippen LogP contribution < -0.4 is 5.32 Å². The molecule has 3 heteroatoms. The molecule has 5 fully saturated rings. The van der Waals surface area contributed by atoms with Crippen molar-refractivity contribution in [2.24, 2.45) is 22.2 Å². The second-order valence-electron chi connectivity index (χ2n) is 9.63. The lowest BCUT2D eigenvalue weighted by Gasteiger charge is -2.65. The standard InChI is InChI=1S/C18H28ClNO/c1-15-6-13-7-16(2,9-15)11-17(8-13,10-15)14(21)20-18(12-19)4-3-5-18/h13H,3-12H2,1-2H3,(H,20,21). The maximum atomic E-state index is 13.2. The molecule has 1 N–H and O–H groups in total. The number of carbonyl (C=O) groups is 1. The molecule has 1 amide bonds. The van der Waals surface area contributed by atoms with E-state index >= 15 is 0 Å². The van der Waals surface area contributed by atoms with E-state index in [0.29, 0.717) is 22.6 Å². The lowest BCUT2D eigenvalue weighted by atomic mass is 9.40. The van der Waals surface area contributed by atoms with Gasteiger partial charge >= 0.3 is 0 Å². The van der Waals surface area contributed by atoms with Gasteiger partial charge in [0.15, 0.2) is 0 Å². The Kier molecular flexibility index (Phi) is 2.86. The molecule has 0 radical (unpaired) electrons. The summed E-state index contributed by atoms with van der Waals surface area (Å²) in [5.74, 6) is 1.69. The molecular weight excluding hydrogens is 282 g/mol. The molecule has 0 aromatic rings. The molecule has 2 unspecified atom stereocenters. The van der Waals surface area contributed by atoms with Crippen LogP contribution in [0, 0.1) is 22.2 Å². The van der Waals surface area contributed by atoms with E-state index in [1.807, 2.05) is 0 Å². The fourth-order valence-corrected chi connectivity index (χ4v) is 7.30. The molecule has 21 heavy (non-hydrogen) atoms. The van der Waals surface area contributed by atoms with Crippen LogP contribution in [-0.2, 0) is 4.79 Å². The first kappa shape index (κ1) is 14.4. The highest BCUT2D eigenvalue weighted by Crippen LogP contribution is 2.69. The van der Waals surface area contributed by atoms with E-state index in [2.05, 4.69) is 19.2 Å². The SMILES string of the molecule is CC12CC3CC(C)(C1)CC(C(=O)NC1(CCl)CCC1)(C3)C2. The van der Waals surface area contributed by atoms with Crippen molar-refractivity contribution in [3.05, 3.63) is 0 Å². The summed E-state index contributed by atoms with van der Waals surface area (Å²) in [6.07, 6.45) is 10.7. The largest absolute Gasteiger partial charge is 0.349 e. The number of hydrogen-bond donors (Lipinski definition) is 1. The second-order valence-corrected chi connectivity index (χ2v) is 9.90. The van der Waals surface area contributed by atoms with Gasteiger partial charge in [-0.1, -0.05) is 13.8 Å². The number of halogens is 1. The predicted octanol–water partition coefficient (Wildman–Crippen LogP) is 4.26. The molecule has 5 aliphatic carbocycles. The Morgan fingerprint density at radius 2 is 1.71 bits per heavy atom. The maximum absolute atomic E-state index is 13.2. The van der Waals surface area contributed by atoms with Gasteiger partial charge in [-0.15, -0.1) is 11.6 Å². The highest BCUT2D eigenvalue weighted by Gasteiger charge is 2.63. The molecule has 0 saturated heterocycles. The summed E-state index contributed by atoms with van der Waals surface area (Å²) >= 11 is 6.15. The van der Waals surface area contributed by atoms with Crippen LogP contribution in [0.4, 0.5) is 0 Å². The van der Waals surface area contributed by atoms with Crippen LogP contribution in [0.5, 0.6) is 0 Å². The highest BCUT2D eigenvalue weighted by atomic mass is 35.5.